The van der Waals surface area contributed by atoms with Gasteiger partial charge in [0.15, 0.2) is 5.96 Å². The van der Waals surface area contributed by atoms with Gasteiger partial charge in [0, 0.05) is 45.8 Å². The van der Waals surface area contributed by atoms with Gasteiger partial charge in [-0.25, -0.2) is 4.79 Å². The Kier molecular flexibility index (Phi) is 10.6. The van der Waals surface area contributed by atoms with Crippen molar-refractivity contribution in [1.29, 1.82) is 0 Å². The highest BCUT2D eigenvalue weighted by Gasteiger charge is 2.34. The number of hydrogen-bond acceptors (Lipinski definition) is 4. The molecule has 2 aliphatic heterocycles. The second-order valence-corrected chi connectivity index (χ2v) is 6.87. The maximum absolute atomic E-state index is 12.5. The quantitative estimate of drug-likeness (QED) is 0.342. The summed E-state index contributed by atoms with van der Waals surface area (Å²) < 4.78 is 42.5. The number of piperazine rings is 1. The molecule has 0 aliphatic carbocycles. The van der Waals surface area contributed by atoms with E-state index in [9.17, 15) is 18.0 Å². The summed E-state index contributed by atoms with van der Waals surface area (Å²) in [5, 5.41) is 3.24. The standard InChI is InChI=1S/C17H30F3N5O2.HI/c1-3-21-15(24-7-9-25(10-8-24)16(26)27-4-2)22-11-14-5-6-23(12-14)13-17(18,19)20;/h14H,3-13H2,1-2H3,(H,21,22);1H. The molecule has 0 aromatic rings. The summed E-state index contributed by atoms with van der Waals surface area (Å²) in [4.78, 5) is 21.6. The molecule has 0 spiro atoms. The zero-order valence-electron chi connectivity index (χ0n) is 16.5. The lowest BCUT2D eigenvalue weighted by Crippen LogP contribution is -2.54. The van der Waals surface area contributed by atoms with Gasteiger partial charge in [-0.1, -0.05) is 0 Å². The molecule has 1 amide bonds. The van der Waals surface area contributed by atoms with Crippen LogP contribution in [0.4, 0.5) is 18.0 Å². The van der Waals surface area contributed by atoms with Crippen molar-refractivity contribution in [3.63, 3.8) is 0 Å². The Morgan fingerprint density at radius 2 is 1.79 bits per heavy atom. The largest absolute Gasteiger partial charge is 0.450 e. The first kappa shape index (κ1) is 25.1. The third-order valence-electron chi connectivity index (χ3n) is 4.71. The van der Waals surface area contributed by atoms with E-state index in [0.717, 1.165) is 12.4 Å². The molecule has 0 radical (unpaired) electrons. The van der Waals surface area contributed by atoms with Crippen LogP contribution in [0.3, 0.4) is 0 Å². The van der Waals surface area contributed by atoms with E-state index in [1.807, 2.05) is 6.92 Å². The third kappa shape index (κ3) is 8.18. The lowest BCUT2D eigenvalue weighted by Gasteiger charge is -2.36. The predicted molar refractivity (Wildman–Crippen MR) is 112 cm³/mol. The Morgan fingerprint density at radius 1 is 1.14 bits per heavy atom. The number of alkyl halides is 3. The number of nitrogens with zero attached hydrogens (tertiary/aromatic N) is 4. The van der Waals surface area contributed by atoms with E-state index in [4.69, 9.17) is 4.74 Å². The van der Waals surface area contributed by atoms with Gasteiger partial charge in [-0.3, -0.25) is 9.89 Å². The number of ether oxygens (including phenoxy) is 1. The van der Waals surface area contributed by atoms with Crippen molar-refractivity contribution in [3.8, 4) is 0 Å². The summed E-state index contributed by atoms with van der Waals surface area (Å²) in [5.41, 5.74) is 0. The topological polar surface area (TPSA) is 60.4 Å². The molecule has 11 heteroatoms. The second kappa shape index (κ2) is 11.9. The summed E-state index contributed by atoms with van der Waals surface area (Å²) in [5.74, 6) is 0.900. The van der Waals surface area contributed by atoms with Crippen LogP contribution >= 0.6 is 24.0 Å². The molecule has 2 rings (SSSR count). The monoisotopic (exact) mass is 521 g/mol. The van der Waals surface area contributed by atoms with Gasteiger partial charge in [0.05, 0.1) is 13.2 Å². The average Bonchev–Trinajstić information content (AvgIpc) is 3.04. The first-order valence-corrected chi connectivity index (χ1v) is 9.56. The molecule has 0 bridgehead atoms. The van der Waals surface area contributed by atoms with Crippen molar-refractivity contribution < 1.29 is 22.7 Å². The fraction of sp³-hybridized carbons (Fsp3) is 0.882. The van der Waals surface area contributed by atoms with Crippen LogP contribution in [0.1, 0.15) is 20.3 Å². The van der Waals surface area contributed by atoms with E-state index in [1.165, 1.54) is 4.90 Å². The number of halogens is 4. The Morgan fingerprint density at radius 3 is 2.36 bits per heavy atom. The van der Waals surface area contributed by atoms with E-state index < -0.39 is 12.7 Å². The summed E-state index contributed by atoms with van der Waals surface area (Å²) >= 11 is 0. The minimum Gasteiger partial charge on any atom is -0.450 e. The van der Waals surface area contributed by atoms with Crippen LogP contribution in [0.25, 0.3) is 0 Å². The van der Waals surface area contributed by atoms with Crippen LogP contribution in [-0.2, 0) is 4.74 Å². The van der Waals surface area contributed by atoms with Gasteiger partial charge in [-0.2, -0.15) is 13.2 Å². The Hall–Kier alpha value is -0.980. The number of aliphatic imine (C=N–C) groups is 1. The molecule has 7 nitrogen and oxygen atoms in total. The van der Waals surface area contributed by atoms with Crippen molar-refractivity contribution >= 4 is 36.0 Å². The summed E-state index contributed by atoms with van der Waals surface area (Å²) in [6, 6.07) is 0. The average molecular weight is 521 g/mol. The maximum atomic E-state index is 12.5. The number of likely N-dealkylation sites (tertiary alicyclic amines) is 1. The zero-order valence-corrected chi connectivity index (χ0v) is 18.8. The van der Waals surface area contributed by atoms with Crippen LogP contribution in [0.5, 0.6) is 0 Å². The van der Waals surface area contributed by atoms with Crippen LogP contribution in [0.15, 0.2) is 4.99 Å². The molecule has 2 fully saturated rings. The third-order valence-corrected chi connectivity index (χ3v) is 4.71. The minimum absolute atomic E-state index is 0. The number of guanidine groups is 1. The zero-order chi connectivity index (χ0) is 19.9. The number of amides is 1. The van der Waals surface area contributed by atoms with Gasteiger partial charge in [-0.15, -0.1) is 24.0 Å². The van der Waals surface area contributed by atoms with Crippen LogP contribution < -0.4 is 5.32 Å². The van der Waals surface area contributed by atoms with Gasteiger partial charge >= 0.3 is 12.3 Å². The molecule has 1 unspecified atom stereocenters. The van der Waals surface area contributed by atoms with E-state index in [1.54, 1.807) is 11.8 Å². The molecule has 164 valence electrons. The fourth-order valence-corrected chi connectivity index (χ4v) is 3.42. The van der Waals surface area contributed by atoms with Gasteiger partial charge in [0.25, 0.3) is 0 Å². The van der Waals surface area contributed by atoms with Gasteiger partial charge < -0.3 is 19.9 Å². The van der Waals surface area contributed by atoms with Crippen molar-refractivity contribution in [2.75, 3.05) is 65.5 Å². The van der Waals surface area contributed by atoms with Crippen molar-refractivity contribution in [3.05, 3.63) is 0 Å². The normalized spacial score (nSPS) is 21.5. The molecule has 2 heterocycles. The number of nitrogens with one attached hydrogen (secondary N) is 1. The lowest BCUT2D eigenvalue weighted by molar-refractivity contribution is -0.143. The highest BCUT2D eigenvalue weighted by Crippen LogP contribution is 2.23. The van der Waals surface area contributed by atoms with E-state index in [0.29, 0.717) is 59.0 Å². The number of carbonyl (C=O) groups is 1. The summed E-state index contributed by atoms with van der Waals surface area (Å²) in [6.07, 6.45) is -3.71. The molecule has 0 aromatic carbocycles. The second-order valence-electron chi connectivity index (χ2n) is 6.87. The molecule has 0 saturated carbocycles. The highest BCUT2D eigenvalue weighted by molar-refractivity contribution is 14.0. The summed E-state index contributed by atoms with van der Waals surface area (Å²) in [7, 11) is 0. The van der Waals surface area contributed by atoms with Gasteiger partial charge in [0.2, 0.25) is 0 Å². The molecule has 1 N–H and O–H groups in total. The van der Waals surface area contributed by atoms with E-state index in [-0.39, 0.29) is 36.0 Å². The summed E-state index contributed by atoms with van der Waals surface area (Å²) in [6.45, 7) is 7.81. The Labute approximate surface area is 181 Å². The maximum Gasteiger partial charge on any atom is 0.409 e. The minimum atomic E-state index is -4.15. The van der Waals surface area contributed by atoms with Gasteiger partial charge in [-0.05, 0) is 32.7 Å². The highest BCUT2D eigenvalue weighted by atomic mass is 127. The van der Waals surface area contributed by atoms with Gasteiger partial charge in [0.1, 0.15) is 0 Å². The lowest BCUT2D eigenvalue weighted by atomic mass is 10.1. The Bertz CT molecular complexity index is 514. The van der Waals surface area contributed by atoms with Crippen LogP contribution in [-0.4, -0.2) is 98.4 Å². The Balaban J connectivity index is 0.00000392. The number of carbonyl (C=O) groups excluding carboxylic acids is 1. The van der Waals surface area contributed by atoms with E-state index >= 15 is 0 Å². The smallest absolute Gasteiger partial charge is 0.409 e. The van der Waals surface area contributed by atoms with Crippen molar-refractivity contribution in [1.82, 2.24) is 20.0 Å². The van der Waals surface area contributed by atoms with Crippen molar-refractivity contribution in [2.45, 2.75) is 26.4 Å². The van der Waals surface area contributed by atoms with Crippen LogP contribution in [0, 0.1) is 5.92 Å². The van der Waals surface area contributed by atoms with E-state index in [2.05, 4.69) is 15.2 Å². The molecule has 2 aliphatic rings. The molecule has 1 atom stereocenters. The fourth-order valence-electron chi connectivity index (χ4n) is 3.42. The molecule has 28 heavy (non-hydrogen) atoms. The number of rotatable bonds is 5. The first-order chi connectivity index (χ1) is 12.8. The molecular formula is C17H31F3IN5O2. The first-order valence-electron chi connectivity index (χ1n) is 9.56. The van der Waals surface area contributed by atoms with Crippen molar-refractivity contribution in [2.24, 2.45) is 10.9 Å². The molecule has 2 saturated heterocycles. The van der Waals surface area contributed by atoms with Crippen LogP contribution in [0.2, 0.25) is 0 Å². The molecule has 0 aromatic heterocycles. The molecular weight excluding hydrogens is 490 g/mol. The SMILES string of the molecule is CCNC(=NCC1CCN(CC(F)(F)F)C1)N1CCN(C(=O)OCC)CC1.I. The number of hydrogen-bond donors (Lipinski definition) is 1. The predicted octanol–water partition coefficient (Wildman–Crippen LogP) is 2.23.